The van der Waals surface area contributed by atoms with Crippen LogP contribution >= 0.6 is 0 Å². The van der Waals surface area contributed by atoms with Gasteiger partial charge in [0.15, 0.2) is 11.6 Å². The van der Waals surface area contributed by atoms with E-state index in [0.29, 0.717) is 23.9 Å². The van der Waals surface area contributed by atoms with Crippen molar-refractivity contribution < 1.29 is 22.8 Å². The number of halogens is 2. The molecule has 1 amide bonds. The van der Waals surface area contributed by atoms with Crippen LogP contribution < -0.4 is 10.1 Å². The van der Waals surface area contributed by atoms with Crippen LogP contribution in [0.1, 0.15) is 16.2 Å². The molecule has 0 fully saturated rings. The third kappa shape index (κ3) is 4.02. The van der Waals surface area contributed by atoms with Gasteiger partial charge in [0, 0.05) is 24.1 Å². The van der Waals surface area contributed by atoms with Crippen LogP contribution in [-0.4, -0.2) is 29.7 Å². The van der Waals surface area contributed by atoms with E-state index in [0.717, 1.165) is 17.7 Å². The Bertz CT molecular complexity index is 928. The van der Waals surface area contributed by atoms with Gasteiger partial charge in [-0.2, -0.15) is 4.98 Å². The first-order chi connectivity index (χ1) is 12.6. The number of benzene rings is 2. The summed E-state index contributed by atoms with van der Waals surface area (Å²) >= 11 is 0. The Morgan fingerprint density at radius 3 is 2.81 bits per heavy atom. The number of nitrogens with one attached hydrogen (secondary N) is 1. The molecule has 6 nitrogen and oxygen atoms in total. The van der Waals surface area contributed by atoms with E-state index in [4.69, 9.17) is 9.26 Å². The van der Waals surface area contributed by atoms with E-state index < -0.39 is 17.5 Å². The number of hydrogen-bond acceptors (Lipinski definition) is 5. The molecule has 0 unspecified atom stereocenters. The minimum atomic E-state index is -1.07. The Morgan fingerprint density at radius 1 is 1.19 bits per heavy atom. The molecule has 0 bridgehead atoms. The van der Waals surface area contributed by atoms with Crippen molar-refractivity contribution in [3.8, 4) is 17.1 Å². The van der Waals surface area contributed by atoms with Crippen molar-refractivity contribution in [2.75, 3.05) is 13.7 Å². The number of nitrogens with zero attached hydrogens (tertiary/aromatic N) is 2. The molecular formula is C18H15F2N3O3. The monoisotopic (exact) mass is 359 g/mol. The van der Waals surface area contributed by atoms with Crippen LogP contribution in [0.3, 0.4) is 0 Å². The summed E-state index contributed by atoms with van der Waals surface area (Å²) in [5.74, 6) is -1.17. The van der Waals surface area contributed by atoms with Gasteiger partial charge in [0.25, 0.3) is 5.91 Å². The van der Waals surface area contributed by atoms with Crippen LogP contribution in [0.15, 0.2) is 47.0 Å². The van der Waals surface area contributed by atoms with Crippen LogP contribution in [0, 0.1) is 11.6 Å². The standard InChI is InChI=1S/C18H15F2N3O3/c1-25-13-4-2-3-11(9-13)17-22-16(26-23-17)7-8-21-18(24)12-5-6-14(19)15(20)10-12/h2-6,9-10H,7-8H2,1H3,(H,21,24). The molecule has 0 aliphatic heterocycles. The number of amides is 1. The zero-order valence-corrected chi connectivity index (χ0v) is 13.8. The fourth-order valence-electron chi connectivity index (χ4n) is 2.26. The smallest absolute Gasteiger partial charge is 0.251 e. The van der Waals surface area contributed by atoms with E-state index in [1.165, 1.54) is 6.07 Å². The summed E-state index contributed by atoms with van der Waals surface area (Å²) in [6, 6.07) is 10.2. The lowest BCUT2D eigenvalue weighted by Gasteiger charge is -2.03. The maximum atomic E-state index is 13.1. The average molecular weight is 359 g/mol. The summed E-state index contributed by atoms with van der Waals surface area (Å²) in [6.45, 7) is 0.206. The van der Waals surface area contributed by atoms with Crippen molar-refractivity contribution in [1.82, 2.24) is 15.5 Å². The molecule has 1 N–H and O–H groups in total. The Balaban J connectivity index is 1.58. The fraction of sp³-hybridized carbons (Fsp3) is 0.167. The molecule has 0 saturated carbocycles. The van der Waals surface area contributed by atoms with Gasteiger partial charge < -0.3 is 14.6 Å². The number of aromatic nitrogens is 2. The SMILES string of the molecule is COc1cccc(-c2noc(CCNC(=O)c3ccc(F)c(F)c3)n2)c1. The van der Waals surface area contributed by atoms with Gasteiger partial charge >= 0.3 is 0 Å². The van der Waals surface area contributed by atoms with E-state index in [1.807, 2.05) is 12.1 Å². The molecule has 0 spiro atoms. The van der Waals surface area contributed by atoms with Gasteiger partial charge in [0.1, 0.15) is 5.75 Å². The van der Waals surface area contributed by atoms with Crippen molar-refractivity contribution in [2.45, 2.75) is 6.42 Å². The number of ether oxygens (including phenoxy) is 1. The van der Waals surface area contributed by atoms with E-state index in [9.17, 15) is 13.6 Å². The van der Waals surface area contributed by atoms with Gasteiger partial charge in [0.05, 0.1) is 7.11 Å². The number of hydrogen-bond donors (Lipinski definition) is 1. The second-order valence-corrected chi connectivity index (χ2v) is 5.38. The predicted octanol–water partition coefficient (Wildman–Crippen LogP) is 3.00. The highest BCUT2D eigenvalue weighted by Gasteiger charge is 2.12. The first-order valence-corrected chi connectivity index (χ1v) is 7.77. The first-order valence-electron chi connectivity index (χ1n) is 7.77. The molecular weight excluding hydrogens is 344 g/mol. The van der Waals surface area contributed by atoms with Crippen LogP contribution in [0.4, 0.5) is 8.78 Å². The van der Waals surface area contributed by atoms with E-state index in [1.54, 1.807) is 19.2 Å². The number of methoxy groups -OCH3 is 1. The van der Waals surface area contributed by atoms with Crippen molar-refractivity contribution >= 4 is 5.91 Å². The van der Waals surface area contributed by atoms with Gasteiger partial charge in [-0.15, -0.1) is 0 Å². The van der Waals surface area contributed by atoms with Gasteiger partial charge in [-0.25, -0.2) is 8.78 Å². The molecule has 8 heteroatoms. The van der Waals surface area contributed by atoms with Gasteiger partial charge in [-0.1, -0.05) is 17.3 Å². The summed E-state index contributed by atoms with van der Waals surface area (Å²) in [7, 11) is 1.57. The number of carbonyl (C=O) groups is 1. The van der Waals surface area contributed by atoms with Crippen LogP contribution in [0.5, 0.6) is 5.75 Å². The summed E-state index contributed by atoms with van der Waals surface area (Å²) in [6.07, 6.45) is 0.298. The van der Waals surface area contributed by atoms with Crippen molar-refractivity contribution in [3.63, 3.8) is 0 Å². The minimum Gasteiger partial charge on any atom is -0.497 e. The quantitative estimate of drug-likeness (QED) is 0.732. The molecule has 0 saturated heterocycles. The second-order valence-electron chi connectivity index (χ2n) is 5.38. The van der Waals surface area contributed by atoms with Gasteiger partial charge in [-0.05, 0) is 30.3 Å². The molecule has 0 aliphatic carbocycles. The van der Waals surface area contributed by atoms with E-state index in [2.05, 4.69) is 15.5 Å². The fourth-order valence-corrected chi connectivity index (χ4v) is 2.26. The Labute approximate surface area is 147 Å². The summed E-state index contributed by atoms with van der Waals surface area (Å²) < 4.78 is 36.3. The maximum absolute atomic E-state index is 13.1. The minimum absolute atomic E-state index is 0.0338. The highest BCUT2D eigenvalue weighted by molar-refractivity contribution is 5.94. The van der Waals surface area contributed by atoms with Crippen molar-refractivity contribution in [2.24, 2.45) is 0 Å². The number of rotatable bonds is 6. The third-order valence-electron chi connectivity index (χ3n) is 3.60. The Hall–Kier alpha value is -3.29. The molecule has 3 rings (SSSR count). The maximum Gasteiger partial charge on any atom is 0.251 e. The highest BCUT2D eigenvalue weighted by atomic mass is 19.2. The zero-order chi connectivity index (χ0) is 18.5. The summed E-state index contributed by atoms with van der Waals surface area (Å²) in [4.78, 5) is 16.2. The highest BCUT2D eigenvalue weighted by Crippen LogP contribution is 2.21. The molecule has 134 valence electrons. The molecule has 3 aromatic rings. The largest absolute Gasteiger partial charge is 0.497 e. The van der Waals surface area contributed by atoms with Gasteiger partial charge in [0.2, 0.25) is 11.7 Å². The molecule has 1 heterocycles. The summed E-state index contributed by atoms with van der Waals surface area (Å²) in [5, 5.41) is 6.48. The van der Waals surface area contributed by atoms with Gasteiger partial charge in [-0.3, -0.25) is 4.79 Å². The van der Waals surface area contributed by atoms with Crippen LogP contribution in [0.2, 0.25) is 0 Å². The van der Waals surface area contributed by atoms with Crippen LogP contribution in [0.25, 0.3) is 11.4 Å². The molecule has 26 heavy (non-hydrogen) atoms. The zero-order valence-electron chi connectivity index (χ0n) is 13.8. The normalized spacial score (nSPS) is 10.6. The van der Waals surface area contributed by atoms with Crippen molar-refractivity contribution in [1.29, 1.82) is 0 Å². The van der Waals surface area contributed by atoms with Crippen molar-refractivity contribution in [3.05, 3.63) is 65.6 Å². The Kier molecular flexibility index (Phi) is 5.21. The molecule has 0 atom stereocenters. The molecule has 0 radical (unpaired) electrons. The lowest BCUT2D eigenvalue weighted by Crippen LogP contribution is -2.25. The topological polar surface area (TPSA) is 77.3 Å². The second kappa shape index (κ2) is 7.73. The lowest BCUT2D eigenvalue weighted by molar-refractivity contribution is 0.0953. The lowest BCUT2D eigenvalue weighted by atomic mass is 10.2. The number of carbonyl (C=O) groups excluding carboxylic acids is 1. The molecule has 0 aliphatic rings. The molecule has 1 aromatic heterocycles. The molecule has 2 aromatic carbocycles. The Morgan fingerprint density at radius 2 is 2.04 bits per heavy atom. The third-order valence-corrected chi connectivity index (χ3v) is 3.60. The predicted molar refractivity (Wildman–Crippen MR) is 88.7 cm³/mol. The summed E-state index contributed by atoms with van der Waals surface area (Å²) in [5.41, 5.74) is 0.775. The first kappa shape index (κ1) is 17.5. The average Bonchev–Trinajstić information content (AvgIpc) is 3.13. The van der Waals surface area contributed by atoms with Crippen LogP contribution in [-0.2, 0) is 6.42 Å². The van der Waals surface area contributed by atoms with E-state index >= 15 is 0 Å². The van der Waals surface area contributed by atoms with E-state index in [-0.39, 0.29) is 12.1 Å².